The summed E-state index contributed by atoms with van der Waals surface area (Å²) in [6, 6.07) is 14.8. The van der Waals surface area contributed by atoms with Crippen LogP contribution in [-0.4, -0.2) is 11.9 Å². The molecule has 0 aromatic heterocycles. The van der Waals surface area contributed by atoms with E-state index in [-0.39, 0.29) is 23.9 Å². The van der Waals surface area contributed by atoms with Crippen LogP contribution < -0.4 is 16.0 Å². The van der Waals surface area contributed by atoms with Crippen molar-refractivity contribution in [2.24, 2.45) is 5.92 Å². The van der Waals surface area contributed by atoms with Crippen molar-refractivity contribution in [2.75, 3.05) is 10.6 Å². The number of anilines is 2. The van der Waals surface area contributed by atoms with E-state index in [1.165, 1.54) is 0 Å². The lowest BCUT2D eigenvalue weighted by Crippen LogP contribution is -2.31. The Balaban J connectivity index is 1.54. The van der Waals surface area contributed by atoms with Crippen LogP contribution in [0.1, 0.15) is 36.9 Å². The quantitative estimate of drug-likeness (QED) is 0.764. The first-order chi connectivity index (χ1) is 12.0. The minimum absolute atomic E-state index is 0.0939. The number of carbonyl (C=O) groups excluding carboxylic acids is 2. The number of nitrogens with one attached hydrogen (secondary N) is 3. The van der Waals surface area contributed by atoms with E-state index in [0.717, 1.165) is 35.3 Å². The van der Waals surface area contributed by atoms with Crippen LogP contribution in [0, 0.1) is 12.8 Å². The first kappa shape index (κ1) is 17.0. The molecule has 0 radical (unpaired) electrons. The van der Waals surface area contributed by atoms with Crippen molar-refractivity contribution in [1.29, 1.82) is 0 Å². The van der Waals surface area contributed by atoms with Crippen LogP contribution in [0.2, 0.25) is 0 Å². The summed E-state index contributed by atoms with van der Waals surface area (Å²) < 4.78 is 0. The summed E-state index contributed by atoms with van der Waals surface area (Å²) in [6.07, 6.45) is 1.97. The maximum Gasteiger partial charge on any atom is 0.319 e. The molecule has 25 heavy (non-hydrogen) atoms. The normalized spacial score (nSPS) is 14.5. The van der Waals surface area contributed by atoms with E-state index in [9.17, 15) is 9.59 Å². The predicted octanol–water partition coefficient (Wildman–Crippen LogP) is 4.23. The molecule has 5 heteroatoms. The highest BCUT2D eigenvalue weighted by Crippen LogP contribution is 2.30. The molecule has 2 aromatic rings. The second-order valence-electron chi connectivity index (χ2n) is 6.58. The largest absolute Gasteiger partial charge is 0.331 e. The molecule has 0 saturated heterocycles. The summed E-state index contributed by atoms with van der Waals surface area (Å²) in [5.41, 5.74) is 3.62. The van der Waals surface area contributed by atoms with Gasteiger partial charge in [0.2, 0.25) is 5.91 Å². The summed E-state index contributed by atoms with van der Waals surface area (Å²) in [5, 5.41) is 8.66. The average molecular weight is 337 g/mol. The minimum Gasteiger partial charge on any atom is -0.331 e. The summed E-state index contributed by atoms with van der Waals surface area (Å²) >= 11 is 0. The van der Waals surface area contributed by atoms with Gasteiger partial charge in [0, 0.05) is 17.3 Å². The van der Waals surface area contributed by atoms with Crippen molar-refractivity contribution in [3.05, 3.63) is 59.7 Å². The zero-order valence-electron chi connectivity index (χ0n) is 14.5. The molecule has 5 nitrogen and oxygen atoms in total. The lowest BCUT2D eigenvalue weighted by atomic mass is 10.1. The molecule has 3 N–H and O–H groups in total. The number of urea groups is 1. The van der Waals surface area contributed by atoms with E-state index in [4.69, 9.17) is 0 Å². The van der Waals surface area contributed by atoms with Crippen LogP contribution >= 0.6 is 0 Å². The fourth-order valence-corrected chi connectivity index (χ4v) is 2.61. The van der Waals surface area contributed by atoms with Gasteiger partial charge in [0.25, 0.3) is 0 Å². The van der Waals surface area contributed by atoms with E-state index in [1.807, 2.05) is 62.4 Å². The highest BCUT2D eigenvalue weighted by molar-refractivity contribution is 5.94. The number of hydrogen-bond acceptors (Lipinski definition) is 2. The van der Waals surface area contributed by atoms with Crippen LogP contribution in [0.5, 0.6) is 0 Å². The topological polar surface area (TPSA) is 70.2 Å². The highest BCUT2D eigenvalue weighted by Gasteiger charge is 2.29. The summed E-state index contributed by atoms with van der Waals surface area (Å²) in [5.74, 6) is 0.280. The van der Waals surface area contributed by atoms with Gasteiger partial charge in [-0.05, 0) is 62.1 Å². The number of benzene rings is 2. The number of amides is 3. The first-order valence-corrected chi connectivity index (χ1v) is 8.56. The Morgan fingerprint density at radius 2 is 1.72 bits per heavy atom. The van der Waals surface area contributed by atoms with E-state index >= 15 is 0 Å². The number of hydrogen-bond donors (Lipinski definition) is 3. The Kier molecular flexibility index (Phi) is 5.03. The molecule has 130 valence electrons. The van der Waals surface area contributed by atoms with Crippen molar-refractivity contribution < 1.29 is 9.59 Å². The third kappa shape index (κ3) is 4.83. The molecule has 1 atom stereocenters. The van der Waals surface area contributed by atoms with Crippen LogP contribution in [-0.2, 0) is 4.79 Å². The van der Waals surface area contributed by atoms with Crippen molar-refractivity contribution in [3.8, 4) is 0 Å². The Morgan fingerprint density at radius 3 is 2.36 bits per heavy atom. The van der Waals surface area contributed by atoms with Gasteiger partial charge in [-0.3, -0.25) is 4.79 Å². The molecule has 1 aliphatic carbocycles. The summed E-state index contributed by atoms with van der Waals surface area (Å²) in [6.45, 7) is 3.91. The van der Waals surface area contributed by atoms with Crippen molar-refractivity contribution >= 4 is 23.3 Å². The molecular formula is C20H23N3O2. The Bertz CT molecular complexity index is 767. The van der Waals surface area contributed by atoms with Gasteiger partial charge in [-0.15, -0.1) is 0 Å². The molecule has 1 fully saturated rings. The predicted molar refractivity (Wildman–Crippen MR) is 99.5 cm³/mol. The second-order valence-corrected chi connectivity index (χ2v) is 6.58. The highest BCUT2D eigenvalue weighted by atomic mass is 16.2. The van der Waals surface area contributed by atoms with Crippen molar-refractivity contribution in [1.82, 2.24) is 5.32 Å². The van der Waals surface area contributed by atoms with E-state index < -0.39 is 0 Å². The Labute approximate surface area is 147 Å². The molecule has 0 aliphatic heterocycles. The van der Waals surface area contributed by atoms with Gasteiger partial charge in [-0.25, -0.2) is 4.79 Å². The lowest BCUT2D eigenvalue weighted by Gasteiger charge is -2.16. The van der Waals surface area contributed by atoms with Crippen molar-refractivity contribution in [2.45, 2.75) is 32.7 Å². The van der Waals surface area contributed by atoms with E-state index in [2.05, 4.69) is 16.0 Å². The standard InChI is InChI=1S/C20H23N3O2/c1-13-4-3-5-18(12-13)23-20(25)21-14(2)15-8-10-17(11-9-15)22-19(24)16-6-7-16/h3-5,8-12,14,16H,6-7H2,1-2H3,(H,22,24)(H2,21,23,25). The summed E-state index contributed by atoms with van der Waals surface area (Å²) in [7, 11) is 0. The van der Waals surface area contributed by atoms with Crippen LogP contribution in [0.3, 0.4) is 0 Å². The maximum atomic E-state index is 12.1. The molecule has 0 bridgehead atoms. The third-order valence-corrected chi connectivity index (χ3v) is 4.25. The van der Waals surface area contributed by atoms with E-state index in [0.29, 0.717) is 0 Å². The van der Waals surface area contributed by atoms with Gasteiger partial charge < -0.3 is 16.0 Å². The fourth-order valence-electron chi connectivity index (χ4n) is 2.61. The average Bonchev–Trinajstić information content (AvgIpc) is 3.40. The minimum atomic E-state index is -0.246. The van der Waals surface area contributed by atoms with Crippen LogP contribution in [0.15, 0.2) is 48.5 Å². The second kappa shape index (κ2) is 7.38. The van der Waals surface area contributed by atoms with Gasteiger partial charge in [0.05, 0.1) is 6.04 Å². The molecule has 1 saturated carbocycles. The smallest absolute Gasteiger partial charge is 0.319 e. The van der Waals surface area contributed by atoms with Gasteiger partial charge in [0.1, 0.15) is 0 Å². The third-order valence-electron chi connectivity index (χ3n) is 4.25. The molecule has 1 unspecified atom stereocenters. The zero-order valence-corrected chi connectivity index (χ0v) is 14.5. The monoisotopic (exact) mass is 337 g/mol. The van der Waals surface area contributed by atoms with Gasteiger partial charge in [-0.1, -0.05) is 24.3 Å². The summed E-state index contributed by atoms with van der Waals surface area (Å²) in [4.78, 5) is 23.9. The van der Waals surface area contributed by atoms with E-state index in [1.54, 1.807) is 0 Å². The molecule has 2 aromatic carbocycles. The Morgan fingerprint density at radius 1 is 1.00 bits per heavy atom. The number of rotatable bonds is 5. The number of aryl methyl sites for hydroxylation is 1. The van der Waals surface area contributed by atoms with Crippen LogP contribution in [0.4, 0.5) is 16.2 Å². The fraction of sp³-hybridized carbons (Fsp3) is 0.300. The Hall–Kier alpha value is -2.82. The zero-order chi connectivity index (χ0) is 17.8. The first-order valence-electron chi connectivity index (χ1n) is 8.56. The maximum absolute atomic E-state index is 12.1. The molecule has 0 spiro atoms. The van der Waals surface area contributed by atoms with Crippen molar-refractivity contribution in [3.63, 3.8) is 0 Å². The van der Waals surface area contributed by atoms with Gasteiger partial charge >= 0.3 is 6.03 Å². The molecular weight excluding hydrogens is 314 g/mol. The van der Waals surface area contributed by atoms with Crippen LogP contribution in [0.25, 0.3) is 0 Å². The molecule has 3 rings (SSSR count). The SMILES string of the molecule is Cc1cccc(NC(=O)NC(C)c2ccc(NC(=O)C3CC3)cc2)c1. The lowest BCUT2D eigenvalue weighted by molar-refractivity contribution is -0.117. The molecule has 0 heterocycles. The van der Waals surface area contributed by atoms with Gasteiger partial charge in [0.15, 0.2) is 0 Å². The number of carbonyl (C=O) groups is 2. The van der Waals surface area contributed by atoms with Gasteiger partial charge in [-0.2, -0.15) is 0 Å². The molecule has 3 amide bonds. The molecule has 1 aliphatic rings.